The number of hydrogen-bond acceptors (Lipinski definition) is 6. The summed E-state index contributed by atoms with van der Waals surface area (Å²) in [5.74, 6) is 0.998. The number of rotatable bonds is 8. The summed E-state index contributed by atoms with van der Waals surface area (Å²) in [6, 6.07) is 15.9. The van der Waals surface area contributed by atoms with Gasteiger partial charge in [-0.25, -0.2) is 9.97 Å². The van der Waals surface area contributed by atoms with Gasteiger partial charge in [0.15, 0.2) is 18.1 Å². The van der Waals surface area contributed by atoms with Crippen LogP contribution in [-0.4, -0.2) is 38.7 Å². The van der Waals surface area contributed by atoms with E-state index in [2.05, 4.69) is 20.4 Å². The molecule has 32 heavy (non-hydrogen) atoms. The largest absolute Gasteiger partial charge is 0.490 e. The summed E-state index contributed by atoms with van der Waals surface area (Å²) in [5.41, 5.74) is 1.75. The Balaban J connectivity index is 1.46. The summed E-state index contributed by atoms with van der Waals surface area (Å²) in [7, 11) is 0. The van der Waals surface area contributed by atoms with E-state index in [1.807, 2.05) is 31.2 Å². The lowest BCUT2D eigenvalue weighted by molar-refractivity contribution is -0.118. The number of amides is 1. The molecule has 0 radical (unpaired) electrons. The Labute approximate surface area is 183 Å². The molecule has 0 aliphatic carbocycles. The van der Waals surface area contributed by atoms with Gasteiger partial charge in [-0.05, 0) is 42.8 Å². The van der Waals surface area contributed by atoms with Gasteiger partial charge in [0.05, 0.1) is 12.3 Å². The van der Waals surface area contributed by atoms with Crippen LogP contribution in [0.3, 0.4) is 0 Å². The lowest BCUT2D eigenvalue weighted by atomic mass is 10.1. The monoisotopic (exact) mass is 431 g/mol. The molecule has 0 unspecified atom stereocenters. The Hall–Kier alpha value is -4.40. The standard InChI is InChI=1S/C23H21N5O4/c1-2-31-20-12-16(8-10-18-13-22(30)28-23(27-18)24-15-25-28)9-11-19(20)32-14-21(29)26-17-6-4-3-5-7-17/h3-13,15H,2,14H2,1H3,(H,26,29)(H,24,25,27)/b10-8-. The summed E-state index contributed by atoms with van der Waals surface area (Å²) >= 11 is 0. The summed E-state index contributed by atoms with van der Waals surface area (Å²) in [6.07, 6.45) is 4.93. The zero-order valence-electron chi connectivity index (χ0n) is 17.3. The second-order valence-corrected chi connectivity index (χ2v) is 6.72. The number of aromatic amines is 1. The van der Waals surface area contributed by atoms with E-state index in [1.54, 1.807) is 36.4 Å². The number of ether oxygens (including phenoxy) is 2. The maximum Gasteiger partial charge on any atom is 0.274 e. The summed E-state index contributed by atoms with van der Waals surface area (Å²) in [4.78, 5) is 32.5. The van der Waals surface area contributed by atoms with E-state index in [0.717, 1.165) is 5.56 Å². The lowest BCUT2D eigenvalue weighted by Crippen LogP contribution is -2.20. The molecule has 0 bridgehead atoms. The van der Waals surface area contributed by atoms with Crippen LogP contribution in [0.5, 0.6) is 11.5 Å². The van der Waals surface area contributed by atoms with Gasteiger partial charge in [0.1, 0.15) is 6.33 Å². The number of para-hydroxylation sites is 1. The molecule has 4 aromatic rings. The SMILES string of the molecule is CCOc1cc(/C=C\c2cc(=O)n3[nH]cnc3n2)ccc1OCC(=O)Nc1ccccc1. The first-order valence-corrected chi connectivity index (χ1v) is 9.98. The third-order valence-electron chi connectivity index (χ3n) is 4.42. The Morgan fingerprint density at radius 2 is 1.94 bits per heavy atom. The van der Waals surface area contributed by atoms with E-state index in [0.29, 0.717) is 35.3 Å². The van der Waals surface area contributed by atoms with Crippen molar-refractivity contribution in [2.24, 2.45) is 0 Å². The third-order valence-corrected chi connectivity index (χ3v) is 4.42. The van der Waals surface area contributed by atoms with Crippen molar-refractivity contribution in [3.05, 3.63) is 82.5 Å². The molecule has 0 spiro atoms. The van der Waals surface area contributed by atoms with Gasteiger partial charge in [-0.15, -0.1) is 0 Å². The third kappa shape index (κ3) is 5.01. The number of anilines is 1. The second kappa shape index (κ2) is 9.61. The van der Waals surface area contributed by atoms with Gasteiger partial charge in [0, 0.05) is 11.8 Å². The number of carbonyl (C=O) groups is 1. The number of benzene rings is 2. The highest BCUT2D eigenvalue weighted by molar-refractivity contribution is 5.91. The van der Waals surface area contributed by atoms with Crippen LogP contribution in [0.2, 0.25) is 0 Å². The molecule has 4 rings (SSSR count). The maximum atomic E-state index is 12.2. The van der Waals surface area contributed by atoms with E-state index in [-0.39, 0.29) is 18.1 Å². The maximum absolute atomic E-state index is 12.2. The fourth-order valence-corrected chi connectivity index (χ4v) is 2.98. The van der Waals surface area contributed by atoms with Crippen molar-refractivity contribution in [3.8, 4) is 11.5 Å². The molecular formula is C23H21N5O4. The predicted molar refractivity (Wildman–Crippen MR) is 121 cm³/mol. The van der Waals surface area contributed by atoms with Crippen molar-refractivity contribution in [1.29, 1.82) is 0 Å². The molecule has 0 aliphatic heterocycles. The van der Waals surface area contributed by atoms with Gasteiger partial charge in [-0.1, -0.05) is 30.3 Å². The summed E-state index contributed by atoms with van der Waals surface area (Å²) in [5, 5.41) is 5.47. The van der Waals surface area contributed by atoms with Crippen molar-refractivity contribution < 1.29 is 14.3 Å². The van der Waals surface area contributed by atoms with Crippen LogP contribution < -0.4 is 20.3 Å². The van der Waals surface area contributed by atoms with Crippen LogP contribution >= 0.6 is 0 Å². The number of nitrogens with zero attached hydrogens (tertiary/aromatic N) is 3. The molecule has 0 fully saturated rings. The highest BCUT2D eigenvalue weighted by Gasteiger charge is 2.09. The van der Waals surface area contributed by atoms with Crippen molar-refractivity contribution in [1.82, 2.24) is 19.6 Å². The molecular weight excluding hydrogens is 410 g/mol. The number of hydrogen-bond donors (Lipinski definition) is 2. The smallest absolute Gasteiger partial charge is 0.274 e. The molecule has 9 heteroatoms. The fraction of sp³-hybridized carbons (Fsp3) is 0.130. The lowest BCUT2D eigenvalue weighted by Gasteiger charge is -2.12. The number of nitrogens with one attached hydrogen (secondary N) is 2. The van der Waals surface area contributed by atoms with Crippen LogP contribution in [0.25, 0.3) is 17.9 Å². The minimum absolute atomic E-state index is 0.151. The normalized spacial score (nSPS) is 11.0. The first-order chi connectivity index (χ1) is 15.6. The topological polar surface area (TPSA) is 111 Å². The van der Waals surface area contributed by atoms with Crippen LogP contribution in [0.15, 0.2) is 65.7 Å². The average molecular weight is 431 g/mol. The molecule has 0 saturated carbocycles. The van der Waals surface area contributed by atoms with Crippen molar-refractivity contribution >= 4 is 29.5 Å². The minimum Gasteiger partial charge on any atom is -0.490 e. The van der Waals surface area contributed by atoms with Gasteiger partial charge in [0.25, 0.3) is 17.2 Å². The Bertz CT molecular complexity index is 1310. The van der Waals surface area contributed by atoms with Crippen LogP contribution in [0.1, 0.15) is 18.2 Å². The second-order valence-electron chi connectivity index (χ2n) is 6.72. The Morgan fingerprint density at radius 3 is 2.75 bits per heavy atom. The van der Waals surface area contributed by atoms with E-state index >= 15 is 0 Å². The first kappa shape index (κ1) is 20.9. The van der Waals surface area contributed by atoms with Gasteiger partial charge in [0.2, 0.25) is 0 Å². The first-order valence-electron chi connectivity index (χ1n) is 9.98. The number of H-pyrrole nitrogens is 1. The van der Waals surface area contributed by atoms with E-state index < -0.39 is 0 Å². The highest BCUT2D eigenvalue weighted by atomic mass is 16.5. The van der Waals surface area contributed by atoms with Gasteiger partial charge < -0.3 is 14.8 Å². The molecule has 2 aromatic heterocycles. The van der Waals surface area contributed by atoms with E-state index in [1.165, 1.54) is 16.9 Å². The zero-order chi connectivity index (χ0) is 22.3. The van der Waals surface area contributed by atoms with E-state index in [4.69, 9.17) is 9.47 Å². The predicted octanol–water partition coefficient (Wildman–Crippen LogP) is 3.00. The van der Waals surface area contributed by atoms with Gasteiger partial charge in [-0.3, -0.25) is 14.7 Å². The molecule has 2 heterocycles. The summed E-state index contributed by atoms with van der Waals surface area (Å²) in [6.45, 7) is 2.15. The number of carbonyl (C=O) groups excluding carboxylic acids is 1. The van der Waals surface area contributed by atoms with Crippen LogP contribution in [-0.2, 0) is 4.79 Å². The Kier molecular flexibility index (Phi) is 6.26. The molecule has 0 saturated heterocycles. The number of aromatic nitrogens is 4. The quantitative estimate of drug-likeness (QED) is 0.444. The zero-order valence-corrected chi connectivity index (χ0v) is 17.3. The van der Waals surface area contributed by atoms with Crippen molar-refractivity contribution in [2.45, 2.75) is 6.92 Å². The molecule has 2 N–H and O–H groups in total. The van der Waals surface area contributed by atoms with Crippen LogP contribution in [0, 0.1) is 0 Å². The van der Waals surface area contributed by atoms with Gasteiger partial charge in [-0.2, -0.15) is 4.52 Å². The molecule has 9 nitrogen and oxygen atoms in total. The molecule has 0 atom stereocenters. The Morgan fingerprint density at radius 1 is 1.09 bits per heavy atom. The number of fused-ring (bicyclic) bond motifs is 1. The van der Waals surface area contributed by atoms with Crippen LogP contribution in [0.4, 0.5) is 5.69 Å². The molecule has 162 valence electrons. The molecule has 0 aliphatic rings. The highest BCUT2D eigenvalue weighted by Crippen LogP contribution is 2.29. The molecule has 1 amide bonds. The molecule has 2 aromatic carbocycles. The summed E-state index contributed by atoms with van der Waals surface area (Å²) < 4.78 is 12.6. The van der Waals surface area contributed by atoms with Gasteiger partial charge >= 0.3 is 0 Å². The minimum atomic E-state index is -0.270. The van der Waals surface area contributed by atoms with Crippen molar-refractivity contribution in [3.63, 3.8) is 0 Å². The fourth-order valence-electron chi connectivity index (χ4n) is 2.98. The van der Waals surface area contributed by atoms with E-state index in [9.17, 15) is 9.59 Å². The van der Waals surface area contributed by atoms with Crippen molar-refractivity contribution in [2.75, 3.05) is 18.5 Å². The average Bonchev–Trinajstić information content (AvgIpc) is 3.27.